The summed E-state index contributed by atoms with van der Waals surface area (Å²) in [5.41, 5.74) is 7.40. The average Bonchev–Trinajstić information content (AvgIpc) is 3.76. The maximum atomic E-state index is 13.7. The van der Waals surface area contributed by atoms with E-state index in [4.69, 9.17) is 26.2 Å². The third kappa shape index (κ3) is 12.9. The molecule has 1 unspecified atom stereocenters. The lowest BCUT2D eigenvalue weighted by atomic mass is 9.90. The van der Waals surface area contributed by atoms with Gasteiger partial charge in [0.15, 0.2) is 0 Å². The Morgan fingerprint density at radius 1 is 0.966 bits per heavy atom. The highest BCUT2D eigenvalue weighted by Gasteiger charge is 2.24. The van der Waals surface area contributed by atoms with Crippen molar-refractivity contribution in [1.29, 1.82) is 0 Å². The predicted molar refractivity (Wildman–Crippen MR) is 239 cm³/mol. The normalized spacial score (nSPS) is 17.1. The largest absolute Gasteiger partial charge is 0.455 e. The van der Waals surface area contributed by atoms with Crippen LogP contribution in [0.25, 0.3) is 11.0 Å². The zero-order valence-corrected chi connectivity index (χ0v) is 35.4. The fraction of sp³-hybridized carbons (Fsp3) is 0.378. The van der Waals surface area contributed by atoms with E-state index in [2.05, 4.69) is 48.3 Å². The van der Waals surface area contributed by atoms with Crippen LogP contribution in [0.3, 0.4) is 0 Å². The number of hydrogen-bond donors (Lipinski definition) is 6. The first-order valence-electron chi connectivity index (χ1n) is 20.3. The number of aromatic nitrogens is 2. The Labute approximate surface area is 356 Å². The number of anilines is 3. The van der Waals surface area contributed by atoms with Crippen LogP contribution in [0.2, 0.25) is 5.02 Å². The number of benzene rings is 3. The summed E-state index contributed by atoms with van der Waals surface area (Å²) >= 11 is 6.73. The maximum absolute atomic E-state index is 13.7. The van der Waals surface area contributed by atoms with Crippen LogP contribution >= 0.6 is 23.5 Å². The number of pyridine rings is 1. The van der Waals surface area contributed by atoms with Gasteiger partial charge in [0.25, 0.3) is 5.91 Å². The number of carbonyl (C=O) groups is 1. The van der Waals surface area contributed by atoms with Crippen LogP contribution in [-0.4, -0.2) is 90.7 Å². The van der Waals surface area contributed by atoms with Crippen molar-refractivity contribution in [2.24, 2.45) is 11.8 Å². The van der Waals surface area contributed by atoms with Crippen molar-refractivity contribution < 1.29 is 24.6 Å². The second kappa shape index (κ2) is 22.6. The molecule has 0 spiro atoms. The number of allylic oxidation sites excluding steroid dienone is 2. The fourth-order valence-corrected chi connectivity index (χ4v) is 8.21. The van der Waals surface area contributed by atoms with Crippen molar-refractivity contribution in [1.82, 2.24) is 19.6 Å². The van der Waals surface area contributed by atoms with Gasteiger partial charge >= 0.3 is 0 Å². The van der Waals surface area contributed by atoms with Crippen LogP contribution in [0.5, 0.6) is 11.5 Å². The molecule has 4 heterocycles. The van der Waals surface area contributed by atoms with Crippen LogP contribution in [-0.2, 0) is 4.74 Å². The quantitative estimate of drug-likeness (QED) is 0.0406. The van der Waals surface area contributed by atoms with Gasteiger partial charge < -0.3 is 29.8 Å². The molecule has 14 heteroatoms. The molecule has 8 rings (SSSR count). The lowest BCUT2D eigenvalue weighted by Crippen LogP contribution is -2.48. The minimum Gasteiger partial charge on any atom is -0.455 e. The maximum Gasteiger partial charge on any atom is 0.265 e. The predicted octanol–water partition coefficient (Wildman–Crippen LogP) is 9.25. The highest BCUT2D eigenvalue weighted by molar-refractivity contribution is 7.98. The standard InChI is InChI=1S/C38H47N7O4S.C6H5Cl.CH4O/c1-26-2-4-28(5-3-26)25-44-14-16-45(17-15-44)30-6-8-33(36(21-30)49-31-20-29-10-13-39-37(29)41-24-31)38(46)43-50-32-7-9-34(35(22-32)42-47)40-23-27-11-18-48-19-12-27;7-6-4-2-1-3-5-6;1-2/h2,6-10,13,20-22,24,27-28,40,42,47H,3-5,11-12,14-19,23,25H2,1H3,(H,39,41)(H,43,46);1-5H;2H,1H3. The van der Waals surface area contributed by atoms with Crippen molar-refractivity contribution in [2.75, 3.05) is 75.3 Å². The van der Waals surface area contributed by atoms with Gasteiger partial charge in [0.2, 0.25) is 0 Å². The van der Waals surface area contributed by atoms with Crippen LogP contribution in [0.15, 0.2) is 108 Å². The van der Waals surface area contributed by atoms with Gasteiger partial charge in [-0.25, -0.2) is 4.98 Å². The van der Waals surface area contributed by atoms with E-state index in [1.165, 1.54) is 36.8 Å². The molecule has 0 radical (unpaired) electrons. The Morgan fingerprint density at radius 2 is 1.76 bits per heavy atom. The van der Waals surface area contributed by atoms with E-state index in [1.807, 2.05) is 79.0 Å². The fourth-order valence-electron chi connectivity index (χ4n) is 7.43. The zero-order chi connectivity index (χ0) is 41.4. The number of aliphatic hydroxyl groups is 1. The van der Waals surface area contributed by atoms with E-state index >= 15 is 0 Å². The molecule has 3 aliphatic rings. The molecule has 5 aromatic rings. The molecule has 2 saturated heterocycles. The summed E-state index contributed by atoms with van der Waals surface area (Å²) in [7, 11) is 1.00. The number of amides is 1. The molecule has 6 N–H and O–H groups in total. The van der Waals surface area contributed by atoms with Gasteiger partial charge in [0.05, 0.1) is 23.1 Å². The average molecular weight is 843 g/mol. The number of piperazine rings is 1. The van der Waals surface area contributed by atoms with Gasteiger partial charge in [-0.05, 0) is 117 Å². The number of aliphatic hydroxyl groups excluding tert-OH is 1. The van der Waals surface area contributed by atoms with E-state index in [0.717, 1.165) is 111 Å². The third-order valence-corrected chi connectivity index (χ3v) is 11.9. The van der Waals surface area contributed by atoms with Gasteiger partial charge in [-0.2, -0.15) is 0 Å². The van der Waals surface area contributed by atoms with E-state index in [0.29, 0.717) is 28.7 Å². The summed E-state index contributed by atoms with van der Waals surface area (Å²) in [5.74, 6) is 2.02. The molecule has 0 bridgehead atoms. The number of H-pyrrole nitrogens is 1. The monoisotopic (exact) mass is 841 g/mol. The van der Waals surface area contributed by atoms with Gasteiger partial charge in [-0.15, -0.1) is 0 Å². The van der Waals surface area contributed by atoms with Crippen LogP contribution in [0.4, 0.5) is 17.1 Å². The molecular formula is C45H56ClN7O5S. The number of ether oxygens (including phenoxy) is 2. The van der Waals surface area contributed by atoms with Crippen LogP contribution in [0, 0.1) is 11.8 Å². The SMILES string of the molecule is CC1=CCC(CN2CCN(c3ccc(C(=O)NSc4ccc(NCC5CCOCC5)c(NO)c4)c(Oc4cnc5[nH]ccc5c4)c3)CC2)CC1.CO.Clc1ccccc1. The molecule has 1 atom stereocenters. The first-order valence-corrected chi connectivity index (χ1v) is 21.5. The van der Waals surface area contributed by atoms with Gasteiger partial charge in [0, 0.05) is 92.8 Å². The molecule has 2 fully saturated rings. The van der Waals surface area contributed by atoms with Crippen molar-refractivity contribution in [3.63, 3.8) is 0 Å². The lowest BCUT2D eigenvalue weighted by Gasteiger charge is -2.38. The number of nitrogens with one attached hydrogen (secondary N) is 4. The molecule has 2 aliphatic heterocycles. The van der Waals surface area contributed by atoms with Crippen molar-refractivity contribution in [2.45, 2.75) is 43.9 Å². The summed E-state index contributed by atoms with van der Waals surface area (Å²) in [6.45, 7) is 9.64. The van der Waals surface area contributed by atoms with Gasteiger partial charge in [-0.3, -0.25) is 25.1 Å². The molecule has 1 amide bonds. The molecule has 12 nitrogen and oxygen atoms in total. The summed E-state index contributed by atoms with van der Waals surface area (Å²) in [5, 5.41) is 22.0. The van der Waals surface area contributed by atoms with E-state index in [-0.39, 0.29) is 5.91 Å². The van der Waals surface area contributed by atoms with Gasteiger partial charge in [-0.1, -0.05) is 41.4 Å². The Bertz CT molecular complexity index is 2110. The van der Waals surface area contributed by atoms with Crippen LogP contribution < -0.4 is 25.2 Å². The van der Waals surface area contributed by atoms with Crippen molar-refractivity contribution >= 4 is 57.6 Å². The van der Waals surface area contributed by atoms with Crippen LogP contribution in [0.1, 0.15) is 49.4 Å². The Kier molecular flexibility index (Phi) is 16.8. The third-order valence-electron chi connectivity index (χ3n) is 10.8. The Hall–Kier alpha value is -4.76. The molecule has 3 aromatic carbocycles. The Balaban J connectivity index is 0.000000583. The van der Waals surface area contributed by atoms with E-state index < -0.39 is 0 Å². The van der Waals surface area contributed by atoms with Gasteiger partial charge in [0.1, 0.15) is 17.1 Å². The number of nitrogens with zero attached hydrogens (tertiary/aromatic N) is 3. The second-order valence-corrected chi connectivity index (χ2v) is 16.2. The number of rotatable bonds is 12. The Morgan fingerprint density at radius 3 is 2.47 bits per heavy atom. The first kappa shape index (κ1) is 43.8. The first-order chi connectivity index (χ1) is 28.9. The molecular weight excluding hydrogens is 786 g/mol. The number of fused-ring (bicyclic) bond motifs is 1. The highest BCUT2D eigenvalue weighted by Crippen LogP contribution is 2.34. The number of aromatic amines is 1. The molecule has 0 saturated carbocycles. The number of carbonyl (C=O) groups excluding carboxylic acids is 1. The van der Waals surface area contributed by atoms with Crippen molar-refractivity contribution in [3.05, 3.63) is 113 Å². The topological polar surface area (TPSA) is 147 Å². The summed E-state index contributed by atoms with van der Waals surface area (Å²) in [6.07, 6.45) is 11.7. The second-order valence-electron chi connectivity index (χ2n) is 14.9. The number of hydrogen-bond acceptors (Lipinski definition) is 11. The summed E-state index contributed by atoms with van der Waals surface area (Å²) < 4.78 is 14.8. The van der Waals surface area contributed by atoms with E-state index in [9.17, 15) is 10.0 Å². The van der Waals surface area contributed by atoms with Crippen molar-refractivity contribution in [3.8, 4) is 11.5 Å². The molecule has 1 aliphatic carbocycles. The smallest absolute Gasteiger partial charge is 0.265 e. The number of halogens is 1. The minimum atomic E-state index is -0.283. The minimum absolute atomic E-state index is 0.283. The lowest BCUT2D eigenvalue weighted by molar-refractivity contribution is 0.0699. The highest BCUT2D eigenvalue weighted by atomic mass is 35.5. The molecule has 2 aromatic heterocycles. The molecule has 59 heavy (non-hydrogen) atoms. The summed E-state index contributed by atoms with van der Waals surface area (Å²) in [6, 6.07) is 24.8. The zero-order valence-electron chi connectivity index (χ0n) is 33.8. The molecule has 314 valence electrons. The summed E-state index contributed by atoms with van der Waals surface area (Å²) in [4.78, 5) is 27.0. The van der Waals surface area contributed by atoms with E-state index in [1.54, 1.807) is 12.3 Å².